The Balaban J connectivity index is 2.22. The second-order valence-electron chi connectivity index (χ2n) is 3.87. The van der Waals surface area contributed by atoms with Gasteiger partial charge in [0.1, 0.15) is 5.69 Å². The Morgan fingerprint density at radius 2 is 2.41 bits per heavy atom. The molecular weight excluding hydrogens is 234 g/mol. The third-order valence-corrected chi connectivity index (χ3v) is 3.50. The molecule has 90 valence electrons. The highest BCUT2D eigenvalue weighted by Crippen LogP contribution is 2.16. The first kappa shape index (κ1) is 12.0. The molecular formula is C12H15N3OS. The molecule has 0 saturated carbocycles. The fourth-order valence-electron chi connectivity index (χ4n) is 1.69. The smallest absolute Gasteiger partial charge is 0.172 e. The number of hydrogen-bond donors (Lipinski definition) is 0. The van der Waals surface area contributed by atoms with Crippen LogP contribution in [-0.2, 0) is 13.0 Å². The molecule has 0 unspecified atom stereocenters. The van der Waals surface area contributed by atoms with Crippen molar-refractivity contribution in [3.63, 3.8) is 0 Å². The molecule has 0 bridgehead atoms. The highest BCUT2D eigenvalue weighted by molar-refractivity contribution is 7.09. The van der Waals surface area contributed by atoms with Crippen LogP contribution in [0.2, 0.25) is 0 Å². The minimum absolute atomic E-state index is 0.467. The summed E-state index contributed by atoms with van der Waals surface area (Å²) in [5.74, 6) is 0. The van der Waals surface area contributed by atoms with Crippen LogP contribution in [0.15, 0.2) is 17.5 Å². The van der Waals surface area contributed by atoms with E-state index in [0.29, 0.717) is 5.69 Å². The van der Waals surface area contributed by atoms with Crippen LogP contribution in [0.4, 0.5) is 0 Å². The van der Waals surface area contributed by atoms with E-state index < -0.39 is 0 Å². The number of aryl methyl sites for hydroxylation is 1. The van der Waals surface area contributed by atoms with Gasteiger partial charge in [0, 0.05) is 17.8 Å². The number of carbonyl (C=O) groups excluding carboxylic acids is 1. The molecule has 0 fully saturated rings. The summed E-state index contributed by atoms with van der Waals surface area (Å²) in [6.07, 6.45) is 3.69. The van der Waals surface area contributed by atoms with Crippen molar-refractivity contribution < 1.29 is 4.79 Å². The standard InChI is InChI=1S/C12H15N3OS/c1-2-3-6-15-12(11(9-16)13-14-15)8-10-5-4-7-17-10/h4-5,7,9H,2-3,6,8H2,1H3. The van der Waals surface area contributed by atoms with E-state index in [4.69, 9.17) is 0 Å². The van der Waals surface area contributed by atoms with Gasteiger partial charge in [0.05, 0.1) is 5.69 Å². The monoisotopic (exact) mass is 249 g/mol. The molecule has 2 aromatic heterocycles. The van der Waals surface area contributed by atoms with Crippen molar-refractivity contribution in [2.24, 2.45) is 0 Å². The normalized spacial score (nSPS) is 10.6. The van der Waals surface area contributed by atoms with Crippen molar-refractivity contribution in [2.75, 3.05) is 0 Å². The summed E-state index contributed by atoms with van der Waals surface area (Å²) in [6.45, 7) is 2.97. The summed E-state index contributed by atoms with van der Waals surface area (Å²) in [6, 6.07) is 4.08. The van der Waals surface area contributed by atoms with Gasteiger partial charge in [-0.15, -0.1) is 16.4 Å². The quantitative estimate of drug-likeness (QED) is 0.739. The predicted octanol–water partition coefficient (Wildman–Crippen LogP) is 2.54. The lowest BCUT2D eigenvalue weighted by molar-refractivity contribution is 0.111. The molecule has 4 nitrogen and oxygen atoms in total. The van der Waals surface area contributed by atoms with Crippen LogP contribution in [0.25, 0.3) is 0 Å². The van der Waals surface area contributed by atoms with Crippen molar-refractivity contribution in [3.05, 3.63) is 33.8 Å². The number of unbranched alkanes of at least 4 members (excludes halogenated alkanes) is 1. The zero-order chi connectivity index (χ0) is 12.1. The van der Waals surface area contributed by atoms with Gasteiger partial charge < -0.3 is 0 Å². The van der Waals surface area contributed by atoms with Gasteiger partial charge in [-0.25, -0.2) is 4.68 Å². The van der Waals surface area contributed by atoms with Gasteiger partial charge in [-0.3, -0.25) is 4.79 Å². The Bertz CT molecular complexity index is 476. The van der Waals surface area contributed by atoms with Crippen LogP contribution in [0.1, 0.15) is 40.8 Å². The summed E-state index contributed by atoms with van der Waals surface area (Å²) in [5, 5.41) is 10.0. The molecule has 5 heteroatoms. The molecule has 0 aromatic carbocycles. The molecule has 0 aliphatic heterocycles. The minimum Gasteiger partial charge on any atom is -0.296 e. The van der Waals surface area contributed by atoms with Crippen molar-refractivity contribution in [2.45, 2.75) is 32.7 Å². The number of hydrogen-bond acceptors (Lipinski definition) is 4. The third-order valence-electron chi connectivity index (χ3n) is 2.62. The third kappa shape index (κ3) is 2.79. The van der Waals surface area contributed by atoms with E-state index in [-0.39, 0.29) is 0 Å². The van der Waals surface area contributed by atoms with Crippen molar-refractivity contribution in [1.29, 1.82) is 0 Å². The highest BCUT2D eigenvalue weighted by atomic mass is 32.1. The average Bonchev–Trinajstić information content (AvgIpc) is 2.97. The van der Waals surface area contributed by atoms with Crippen LogP contribution in [0, 0.1) is 0 Å². The molecule has 0 aliphatic carbocycles. The molecule has 2 heterocycles. The van der Waals surface area contributed by atoms with E-state index in [9.17, 15) is 4.79 Å². The topological polar surface area (TPSA) is 47.8 Å². The van der Waals surface area contributed by atoms with Crippen LogP contribution in [0.5, 0.6) is 0 Å². The van der Waals surface area contributed by atoms with E-state index in [1.807, 2.05) is 16.1 Å². The summed E-state index contributed by atoms with van der Waals surface area (Å²) < 4.78 is 1.85. The SMILES string of the molecule is CCCCn1nnc(C=O)c1Cc1cccs1. The largest absolute Gasteiger partial charge is 0.296 e. The lowest BCUT2D eigenvalue weighted by Gasteiger charge is -2.04. The Labute approximate surface area is 104 Å². The molecule has 0 saturated heterocycles. The van der Waals surface area contributed by atoms with Crippen molar-refractivity contribution in [1.82, 2.24) is 15.0 Å². The Kier molecular flexibility index (Phi) is 4.03. The Hall–Kier alpha value is -1.49. The van der Waals surface area contributed by atoms with Gasteiger partial charge >= 0.3 is 0 Å². The van der Waals surface area contributed by atoms with Gasteiger partial charge in [0.15, 0.2) is 6.29 Å². The maximum atomic E-state index is 10.9. The number of carbonyl (C=O) groups is 1. The van der Waals surface area contributed by atoms with Gasteiger partial charge in [-0.2, -0.15) is 0 Å². The molecule has 17 heavy (non-hydrogen) atoms. The summed E-state index contributed by atoms with van der Waals surface area (Å²) in [4.78, 5) is 12.2. The second kappa shape index (κ2) is 5.72. The fraction of sp³-hybridized carbons (Fsp3) is 0.417. The van der Waals surface area contributed by atoms with E-state index in [1.165, 1.54) is 4.88 Å². The first-order chi connectivity index (χ1) is 8.35. The number of aromatic nitrogens is 3. The first-order valence-corrected chi connectivity index (χ1v) is 6.63. The van der Waals surface area contributed by atoms with Crippen molar-refractivity contribution >= 4 is 17.6 Å². The zero-order valence-electron chi connectivity index (χ0n) is 9.80. The predicted molar refractivity (Wildman–Crippen MR) is 67.4 cm³/mol. The lowest BCUT2D eigenvalue weighted by atomic mass is 10.2. The minimum atomic E-state index is 0.467. The summed E-state index contributed by atoms with van der Waals surface area (Å²) in [7, 11) is 0. The Morgan fingerprint density at radius 1 is 1.53 bits per heavy atom. The molecule has 0 atom stereocenters. The molecule has 0 radical (unpaired) electrons. The number of thiophene rings is 1. The molecule has 0 spiro atoms. The fourth-order valence-corrected chi connectivity index (χ4v) is 2.39. The lowest BCUT2D eigenvalue weighted by Crippen LogP contribution is -2.06. The van der Waals surface area contributed by atoms with Gasteiger partial charge in [-0.05, 0) is 17.9 Å². The van der Waals surface area contributed by atoms with Gasteiger partial charge in [-0.1, -0.05) is 24.6 Å². The van der Waals surface area contributed by atoms with E-state index in [1.54, 1.807) is 11.3 Å². The van der Waals surface area contributed by atoms with Crippen LogP contribution >= 0.6 is 11.3 Å². The number of rotatable bonds is 6. The van der Waals surface area contributed by atoms with Crippen LogP contribution < -0.4 is 0 Å². The van der Waals surface area contributed by atoms with E-state index in [0.717, 1.165) is 37.8 Å². The Morgan fingerprint density at radius 3 is 3.06 bits per heavy atom. The maximum absolute atomic E-state index is 10.9. The van der Waals surface area contributed by atoms with E-state index in [2.05, 4.69) is 23.3 Å². The zero-order valence-corrected chi connectivity index (χ0v) is 10.6. The van der Waals surface area contributed by atoms with Crippen LogP contribution in [0.3, 0.4) is 0 Å². The van der Waals surface area contributed by atoms with Crippen LogP contribution in [-0.4, -0.2) is 21.3 Å². The number of aldehydes is 1. The summed E-state index contributed by atoms with van der Waals surface area (Å²) in [5.41, 5.74) is 1.39. The molecule has 2 aromatic rings. The summed E-state index contributed by atoms with van der Waals surface area (Å²) >= 11 is 1.69. The molecule has 0 amide bonds. The van der Waals surface area contributed by atoms with Gasteiger partial charge in [0.2, 0.25) is 0 Å². The maximum Gasteiger partial charge on any atom is 0.172 e. The first-order valence-electron chi connectivity index (χ1n) is 5.75. The highest BCUT2D eigenvalue weighted by Gasteiger charge is 2.12. The van der Waals surface area contributed by atoms with E-state index >= 15 is 0 Å². The van der Waals surface area contributed by atoms with Crippen molar-refractivity contribution in [3.8, 4) is 0 Å². The number of nitrogens with zero attached hydrogens (tertiary/aromatic N) is 3. The molecule has 2 rings (SSSR count). The van der Waals surface area contributed by atoms with Gasteiger partial charge in [0.25, 0.3) is 0 Å². The molecule has 0 N–H and O–H groups in total. The molecule has 0 aliphatic rings. The second-order valence-corrected chi connectivity index (χ2v) is 4.90. The average molecular weight is 249 g/mol.